The van der Waals surface area contributed by atoms with Crippen LogP contribution in [-0.4, -0.2) is 18.5 Å². The summed E-state index contributed by atoms with van der Waals surface area (Å²) in [4.78, 5) is 0. The van der Waals surface area contributed by atoms with Crippen molar-refractivity contribution in [3.63, 3.8) is 0 Å². The molecule has 0 aliphatic heterocycles. The van der Waals surface area contributed by atoms with Gasteiger partial charge in [0.2, 0.25) is 0 Å². The van der Waals surface area contributed by atoms with E-state index in [1.165, 1.54) is 32.6 Å². The molecule has 3 aromatic carbocycles. The first kappa shape index (κ1) is 33.0. The molecule has 0 atom stereocenters. The van der Waals surface area contributed by atoms with Gasteiger partial charge in [-0.2, -0.15) is 13.2 Å². The van der Waals surface area contributed by atoms with Crippen LogP contribution in [0.3, 0.4) is 0 Å². The first-order chi connectivity index (χ1) is 17.5. The standard InChI is InChI=1S/C30H39P.CHF3O3S/c1-28(2,3)22-10-16-25(17-11-22)31(26-18-12-23(13-19-26)29(4,5)6)27-20-14-24(15-21-27)30(7,8)9;2-1(3,4)8(5,6)7/h10-21H,1-9H3;(H,5,6,7). The molecular weight excluding hydrogens is 540 g/mol. The SMILES string of the molecule is CC(C)(C)c1ccc([PH+](c2ccc(C(C)(C)C)cc2)c2ccc(C(C)(C)C)cc2)cc1.O=S(=O)([O-])C(F)(F)F. The van der Waals surface area contributed by atoms with E-state index in [0.29, 0.717) is 0 Å². The maximum Gasteiger partial charge on any atom is 0.485 e. The topological polar surface area (TPSA) is 57.2 Å². The minimum absolute atomic E-state index is 0.175. The molecule has 0 saturated heterocycles. The molecule has 0 aromatic heterocycles. The van der Waals surface area contributed by atoms with Gasteiger partial charge in [0, 0.05) is 0 Å². The predicted octanol–water partition coefficient (Wildman–Crippen LogP) is 7.12. The van der Waals surface area contributed by atoms with Crippen LogP contribution in [0.4, 0.5) is 13.2 Å². The second-order valence-corrected chi connectivity index (χ2v) is 16.6. The van der Waals surface area contributed by atoms with Gasteiger partial charge in [0.05, 0.1) is 7.92 Å². The third-order valence-corrected chi connectivity index (χ3v) is 9.70. The largest absolute Gasteiger partial charge is 0.741 e. The zero-order valence-corrected chi connectivity index (χ0v) is 26.0. The lowest BCUT2D eigenvalue weighted by molar-refractivity contribution is -0.0517. The van der Waals surface area contributed by atoms with Gasteiger partial charge in [-0.25, -0.2) is 8.42 Å². The van der Waals surface area contributed by atoms with Gasteiger partial charge in [-0.15, -0.1) is 0 Å². The molecule has 0 amide bonds. The maximum absolute atomic E-state index is 10.7. The second kappa shape index (κ2) is 11.7. The van der Waals surface area contributed by atoms with Crippen molar-refractivity contribution >= 4 is 34.0 Å². The summed E-state index contributed by atoms with van der Waals surface area (Å²) in [5, 5.41) is 4.35. The van der Waals surface area contributed by atoms with E-state index in [4.69, 9.17) is 13.0 Å². The average molecular weight is 581 g/mol. The molecule has 0 bridgehead atoms. The van der Waals surface area contributed by atoms with Crippen molar-refractivity contribution in [2.45, 2.75) is 84.1 Å². The summed E-state index contributed by atoms with van der Waals surface area (Å²) in [5.41, 5.74) is -0.944. The van der Waals surface area contributed by atoms with Gasteiger partial charge in [-0.3, -0.25) is 0 Å². The normalized spacial score (nSPS) is 13.2. The molecule has 3 nitrogen and oxygen atoms in total. The monoisotopic (exact) mass is 580 g/mol. The van der Waals surface area contributed by atoms with E-state index in [1.54, 1.807) is 0 Å². The highest BCUT2D eigenvalue weighted by Gasteiger charge is 2.37. The Bertz CT molecular complexity index is 1190. The molecule has 0 aliphatic rings. The molecule has 0 heterocycles. The Morgan fingerprint density at radius 3 is 0.821 bits per heavy atom. The Labute approximate surface area is 233 Å². The first-order valence-corrected chi connectivity index (χ1v) is 15.6. The summed E-state index contributed by atoms with van der Waals surface area (Å²) in [6.07, 6.45) is 0. The van der Waals surface area contributed by atoms with Crippen LogP contribution >= 0.6 is 7.92 Å². The van der Waals surface area contributed by atoms with Crippen molar-refractivity contribution in [3.05, 3.63) is 89.5 Å². The molecule has 0 spiro atoms. The lowest BCUT2D eigenvalue weighted by Gasteiger charge is -2.21. The van der Waals surface area contributed by atoms with E-state index >= 15 is 0 Å². The Morgan fingerprint density at radius 1 is 0.513 bits per heavy atom. The van der Waals surface area contributed by atoms with Crippen molar-refractivity contribution < 1.29 is 26.1 Å². The van der Waals surface area contributed by atoms with Crippen LogP contribution in [0.2, 0.25) is 0 Å². The quantitative estimate of drug-likeness (QED) is 0.188. The lowest BCUT2D eigenvalue weighted by Crippen LogP contribution is -2.23. The van der Waals surface area contributed by atoms with Crippen LogP contribution in [0.15, 0.2) is 72.8 Å². The lowest BCUT2D eigenvalue weighted by atomic mass is 9.87. The molecule has 0 unspecified atom stereocenters. The van der Waals surface area contributed by atoms with Gasteiger partial charge in [0.1, 0.15) is 15.9 Å². The maximum atomic E-state index is 10.7. The van der Waals surface area contributed by atoms with E-state index in [-0.39, 0.29) is 16.2 Å². The third kappa shape index (κ3) is 9.16. The molecule has 0 aliphatic carbocycles. The zero-order chi connectivity index (χ0) is 30.0. The van der Waals surface area contributed by atoms with Gasteiger partial charge >= 0.3 is 5.51 Å². The summed E-state index contributed by atoms with van der Waals surface area (Å²) in [6.45, 7) is 20.5. The van der Waals surface area contributed by atoms with Gasteiger partial charge in [0.15, 0.2) is 10.1 Å². The zero-order valence-electron chi connectivity index (χ0n) is 24.2. The Balaban J connectivity index is 0.000000580. The van der Waals surface area contributed by atoms with E-state index in [9.17, 15) is 13.2 Å². The molecule has 214 valence electrons. The number of rotatable bonds is 3. The first-order valence-electron chi connectivity index (χ1n) is 12.7. The van der Waals surface area contributed by atoms with Gasteiger partial charge in [-0.05, 0) is 69.3 Å². The molecule has 3 rings (SSSR count). The van der Waals surface area contributed by atoms with Gasteiger partial charge < -0.3 is 4.55 Å². The third-order valence-electron chi connectivity index (χ3n) is 6.40. The molecule has 0 N–H and O–H groups in total. The fourth-order valence-electron chi connectivity index (χ4n) is 3.91. The van der Waals surface area contributed by atoms with Crippen LogP contribution in [0.5, 0.6) is 0 Å². The van der Waals surface area contributed by atoms with Crippen molar-refractivity contribution in [2.75, 3.05) is 0 Å². The summed E-state index contributed by atoms with van der Waals surface area (Å²) >= 11 is 0. The summed E-state index contributed by atoms with van der Waals surface area (Å²) in [7, 11) is -7.15. The van der Waals surface area contributed by atoms with Crippen LogP contribution < -0.4 is 15.9 Å². The van der Waals surface area contributed by atoms with Crippen molar-refractivity contribution in [1.82, 2.24) is 0 Å². The van der Waals surface area contributed by atoms with Crippen molar-refractivity contribution in [2.24, 2.45) is 0 Å². The Kier molecular flexibility index (Phi) is 9.92. The second-order valence-electron chi connectivity index (χ2n) is 12.8. The Hall–Kier alpha value is -2.21. The fraction of sp³-hybridized carbons (Fsp3) is 0.419. The van der Waals surface area contributed by atoms with Gasteiger partial charge in [-0.1, -0.05) is 98.7 Å². The van der Waals surface area contributed by atoms with Crippen molar-refractivity contribution in [3.8, 4) is 0 Å². The summed E-state index contributed by atoms with van der Waals surface area (Å²) < 4.78 is 58.9. The molecule has 0 saturated carbocycles. The van der Waals surface area contributed by atoms with Crippen LogP contribution in [-0.2, 0) is 26.4 Å². The van der Waals surface area contributed by atoms with E-state index in [0.717, 1.165) is 0 Å². The van der Waals surface area contributed by atoms with Gasteiger partial charge in [0.25, 0.3) is 0 Å². The summed E-state index contributed by atoms with van der Waals surface area (Å²) in [6, 6.07) is 28.2. The number of hydrogen-bond acceptors (Lipinski definition) is 3. The summed E-state index contributed by atoms with van der Waals surface area (Å²) in [5.74, 6) is 0. The van der Waals surface area contributed by atoms with Crippen molar-refractivity contribution in [1.29, 1.82) is 0 Å². The van der Waals surface area contributed by atoms with Crippen LogP contribution in [0.1, 0.15) is 79.0 Å². The molecule has 3 aromatic rings. The smallest absolute Gasteiger partial charge is 0.485 e. The van der Waals surface area contributed by atoms with Crippen LogP contribution in [0, 0.1) is 0 Å². The average Bonchev–Trinajstić information content (AvgIpc) is 2.78. The number of halogens is 3. The molecule has 0 fully saturated rings. The minimum atomic E-state index is -6.09. The molecule has 39 heavy (non-hydrogen) atoms. The van der Waals surface area contributed by atoms with E-state index in [1.807, 2.05) is 0 Å². The number of hydrogen-bond donors (Lipinski definition) is 0. The number of benzene rings is 3. The number of alkyl halides is 3. The minimum Gasteiger partial charge on any atom is -0.741 e. The predicted molar refractivity (Wildman–Crippen MR) is 158 cm³/mol. The fourth-order valence-corrected chi connectivity index (χ4v) is 6.41. The highest BCUT2D eigenvalue weighted by atomic mass is 32.2. The van der Waals surface area contributed by atoms with E-state index < -0.39 is 23.5 Å². The van der Waals surface area contributed by atoms with E-state index in [2.05, 4.69) is 135 Å². The highest BCUT2D eigenvalue weighted by Crippen LogP contribution is 2.35. The Morgan fingerprint density at radius 2 is 0.692 bits per heavy atom. The van der Waals surface area contributed by atoms with Crippen LogP contribution in [0.25, 0.3) is 0 Å². The highest BCUT2D eigenvalue weighted by molar-refractivity contribution is 7.86. The molecule has 8 heteroatoms. The molecule has 0 radical (unpaired) electrons. The molecular formula is C31H40F3O3PS.